The molecule has 0 aliphatic carbocycles. The summed E-state index contributed by atoms with van der Waals surface area (Å²) in [4.78, 5) is 0. The van der Waals surface area contributed by atoms with Crippen LogP contribution in [0.25, 0.3) is 209 Å². The van der Waals surface area contributed by atoms with Gasteiger partial charge in [-0.15, -0.1) is 0 Å². The van der Waals surface area contributed by atoms with E-state index in [-0.39, 0.29) is 0 Å². The summed E-state index contributed by atoms with van der Waals surface area (Å²) in [5.41, 5.74) is 24.7. The highest BCUT2D eigenvalue weighted by atomic mass is 16.3. The maximum Gasteiger partial charge on any atom is 0.143 e. The lowest BCUT2D eigenvalue weighted by Gasteiger charge is -2.21. The zero-order valence-corrected chi connectivity index (χ0v) is 53.3. The molecule has 18 aromatic carbocycles. The van der Waals surface area contributed by atoms with Crippen molar-refractivity contribution in [3.8, 4) is 100 Å². The van der Waals surface area contributed by atoms with Gasteiger partial charge in [0.2, 0.25) is 0 Å². The highest BCUT2D eigenvalue weighted by Gasteiger charge is 2.27. The molecule has 20 aromatic rings. The largest absolute Gasteiger partial charge is 0.456 e. The van der Waals surface area contributed by atoms with E-state index in [1.807, 2.05) is 0 Å². The second-order valence-electron chi connectivity index (χ2n) is 25.9. The highest BCUT2D eigenvalue weighted by Crippen LogP contribution is 2.54. The van der Waals surface area contributed by atoms with Crippen molar-refractivity contribution >= 4 is 109 Å². The topological polar surface area (TPSA) is 26.3 Å². The van der Waals surface area contributed by atoms with Gasteiger partial charge < -0.3 is 8.83 Å². The van der Waals surface area contributed by atoms with E-state index in [0.717, 1.165) is 77.3 Å². The van der Waals surface area contributed by atoms with Crippen LogP contribution in [-0.2, 0) is 0 Å². The predicted molar refractivity (Wildman–Crippen MR) is 415 cm³/mol. The molecular weight excluding hydrogens is 1190 g/mol. The van der Waals surface area contributed by atoms with Gasteiger partial charge in [0.25, 0.3) is 0 Å². The Morgan fingerprint density at radius 2 is 0.449 bits per heavy atom. The fraction of sp³-hybridized carbons (Fsp3) is 0. The van der Waals surface area contributed by atoms with Gasteiger partial charge in [-0.25, -0.2) is 0 Å². The Kier molecular flexibility index (Phi) is 12.7. The van der Waals surface area contributed by atoms with Gasteiger partial charge in [0.1, 0.15) is 22.3 Å². The number of fused-ring (bicyclic) bond motifs is 12. The number of hydrogen-bond acceptors (Lipinski definition) is 2. The maximum absolute atomic E-state index is 6.88. The van der Waals surface area contributed by atoms with Crippen LogP contribution in [0.15, 0.2) is 361 Å². The molecule has 2 heterocycles. The summed E-state index contributed by atoms with van der Waals surface area (Å²) in [6.07, 6.45) is 0. The summed E-state index contributed by atoms with van der Waals surface area (Å²) in [5.74, 6) is 0. The van der Waals surface area contributed by atoms with E-state index < -0.39 is 0 Å². The predicted octanol–water partition coefficient (Wildman–Crippen LogP) is 27.4. The van der Waals surface area contributed by atoms with Gasteiger partial charge in [-0.3, -0.25) is 0 Å². The Bertz CT molecular complexity index is 6550. The van der Waals surface area contributed by atoms with Crippen LogP contribution in [0.4, 0.5) is 0 Å². The van der Waals surface area contributed by atoms with Crippen LogP contribution in [0, 0.1) is 0 Å². The monoisotopic (exact) mass is 1240 g/mol. The van der Waals surface area contributed by atoms with Gasteiger partial charge in [0, 0.05) is 27.1 Å². The fourth-order valence-corrected chi connectivity index (χ4v) is 16.6. The molecule has 0 radical (unpaired) electrons. The third-order valence-electron chi connectivity index (χ3n) is 20.7. The number of para-hydroxylation sites is 2. The van der Waals surface area contributed by atoms with Crippen molar-refractivity contribution in [3.63, 3.8) is 0 Å². The second kappa shape index (κ2) is 22.4. The van der Waals surface area contributed by atoms with Gasteiger partial charge in [-0.05, 0) is 190 Å². The van der Waals surface area contributed by atoms with Crippen LogP contribution in [-0.4, -0.2) is 0 Å². The molecule has 20 rings (SSSR count). The highest BCUT2D eigenvalue weighted by molar-refractivity contribution is 6.30. The van der Waals surface area contributed by atoms with Crippen LogP contribution in [0.3, 0.4) is 0 Å². The molecule has 0 atom stereocenters. The molecule has 2 aromatic heterocycles. The molecule has 0 saturated carbocycles. The van der Waals surface area contributed by atoms with E-state index in [1.54, 1.807) is 0 Å². The van der Waals surface area contributed by atoms with Crippen molar-refractivity contribution in [3.05, 3.63) is 352 Å². The number of rotatable bonds is 9. The molecule has 0 amide bonds. The number of hydrogen-bond donors (Lipinski definition) is 0. The summed E-state index contributed by atoms with van der Waals surface area (Å²) in [5, 5.41) is 18.8. The SMILES string of the molecule is c1ccc(-c2cc(-c3c4ccccc4c(-c4ccccc4-c4cccc5c(-c6cccc7c(-c8ccccc8-c8c9ccccc9c(-c9ccc(-c%10ccccc%10)c%10oc%11ccccc%11c9%10)c9ccccc89)cccc67)cccc45)c4ccccc34)c3c(c2)oc2ccccc23)cc1. The minimum atomic E-state index is 0.878. The Hall–Kier alpha value is -12.9. The van der Waals surface area contributed by atoms with E-state index in [0.29, 0.717) is 0 Å². The summed E-state index contributed by atoms with van der Waals surface area (Å²) in [7, 11) is 0. The summed E-state index contributed by atoms with van der Waals surface area (Å²) in [6.45, 7) is 0. The lowest BCUT2D eigenvalue weighted by Crippen LogP contribution is -1.94. The zero-order chi connectivity index (χ0) is 64.4. The van der Waals surface area contributed by atoms with E-state index in [2.05, 4.69) is 352 Å². The van der Waals surface area contributed by atoms with E-state index in [1.165, 1.54) is 131 Å². The van der Waals surface area contributed by atoms with Gasteiger partial charge in [0.05, 0.1) is 0 Å². The Morgan fingerprint density at radius 1 is 0.143 bits per heavy atom. The van der Waals surface area contributed by atoms with Crippen molar-refractivity contribution in [2.45, 2.75) is 0 Å². The standard InChI is InChI=1S/C96H58O2/c1-3-27-59(28-4-1)61-57-86(94-83-43-19-21-53-87(83)97-89(94)58-61)93-81-41-17-13-37-77(81)91(78-38-14-18-42-82(78)93)74-34-10-8-32-72(74)70-52-26-48-66-64(46-24-50-68(66)70)63-45-23-49-67-65(63)47-25-51-69(67)71-31-7-9-33-73(71)90-75-35-11-15-39-79(75)92(80-40-16-12-36-76(80)90)85-56-55-62(60-29-5-2-6-30-60)96-95(85)84-44-20-22-54-88(84)98-96/h1-58H. The van der Waals surface area contributed by atoms with Crippen LogP contribution >= 0.6 is 0 Å². The number of benzene rings is 18. The van der Waals surface area contributed by atoms with Crippen LogP contribution in [0.2, 0.25) is 0 Å². The molecule has 0 bridgehead atoms. The van der Waals surface area contributed by atoms with E-state index in [4.69, 9.17) is 8.83 Å². The average molecular weight is 1240 g/mol. The fourth-order valence-electron chi connectivity index (χ4n) is 16.6. The first-order valence-electron chi connectivity index (χ1n) is 33.8. The first kappa shape index (κ1) is 55.6. The molecule has 0 aliphatic rings. The molecule has 0 aliphatic heterocycles. The second-order valence-corrected chi connectivity index (χ2v) is 25.9. The lowest BCUT2D eigenvalue weighted by molar-refractivity contribution is 0.669. The molecule has 0 saturated heterocycles. The Morgan fingerprint density at radius 3 is 0.898 bits per heavy atom. The molecule has 0 fully saturated rings. The maximum atomic E-state index is 6.88. The van der Waals surface area contributed by atoms with Gasteiger partial charge in [-0.2, -0.15) is 0 Å². The normalized spacial score (nSPS) is 11.9. The van der Waals surface area contributed by atoms with Crippen LogP contribution in [0.1, 0.15) is 0 Å². The molecular formula is C96H58O2. The van der Waals surface area contributed by atoms with Crippen LogP contribution in [0.5, 0.6) is 0 Å². The van der Waals surface area contributed by atoms with Crippen molar-refractivity contribution < 1.29 is 8.83 Å². The summed E-state index contributed by atoms with van der Waals surface area (Å²) < 4.78 is 13.6. The van der Waals surface area contributed by atoms with E-state index in [9.17, 15) is 0 Å². The minimum absolute atomic E-state index is 0.878. The van der Waals surface area contributed by atoms with Crippen molar-refractivity contribution in [2.75, 3.05) is 0 Å². The quantitative estimate of drug-likeness (QED) is 0.135. The van der Waals surface area contributed by atoms with Gasteiger partial charge >= 0.3 is 0 Å². The summed E-state index contributed by atoms with van der Waals surface area (Å²) in [6, 6.07) is 129. The molecule has 2 heteroatoms. The third kappa shape index (κ3) is 8.55. The van der Waals surface area contributed by atoms with Crippen molar-refractivity contribution in [2.24, 2.45) is 0 Å². The first-order chi connectivity index (χ1) is 48.7. The molecule has 98 heavy (non-hydrogen) atoms. The summed E-state index contributed by atoms with van der Waals surface area (Å²) >= 11 is 0. The van der Waals surface area contributed by atoms with Gasteiger partial charge in [-0.1, -0.05) is 322 Å². The minimum Gasteiger partial charge on any atom is -0.456 e. The first-order valence-corrected chi connectivity index (χ1v) is 33.8. The van der Waals surface area contributed by atoms with Crippen molar-refractivity contribution in [1.29, 1.82) is 0 Å². The molecule has 2 nitrogen and oxygen atoms in total. The Balaban J connectivity index is 0.739. The lowest BCUT2D eigenvalue weighted by atomic mass is 9.81. The van der Waals surface area contributed by atoms with Crippen molar-refractivity contribution in [1.82, 2.24) is 0 Å². The molecule has 0 unspecified atom stereocenters. The zero-order valence-electron chi connectivity index (χ0n) is 53.3. The van der Waals surface area contributed by atoms with E-state index >= 15 is 0 Å². The van der Waals surface area contributed by atoms with Gasteiger partial charge in [0.15, 0.2) is 0 Å². The smallest absolute Gasteiger partial charge is 0.143 e. The Labute approximate surface area is 565 Å². The molecule has 454 valence electrons. The van der Waals surface area contributed by atoms with Crippen LogP contribution < -0.4 is 0 Å². The molecule has 0 spiro atoms. The average Bonchev–Trinajstić information content (AvgIpc) is 1.08. The molecule has 0 N–H and O–H groups in total. The third-order valence-corrected chi connectivity index (χ3v) is 20.7. The number of furan rings is 2.